The molecular formula is C25H31N3O3S. The number of fused-ring (bicyclic) bond motifs is 3. The predicted molar refractivity (Wildman–Crippen MR) is 127 cm³/mol. The fourth-order valence-electron chi connectivity index (χ4n) is 4.76. The SMILES string of the molecule is Cc1nc(Cn2c3c(c4ccccc42)CCN(C(=O)CCC(C)(C)CC(=O)O)C3)c(C)s1. The molecular weight excluding hydrogens is 422 g/mol. The summed E-state index contributed by atoms with van der Waals surface area (Å²) < 4.78 is 2.33. The molecule has 1 aliphatic rings. The zero-order valence-electron chi connectivity index (χ0n) is 19.3. The Morgan fingerprint density at radius 2 is 1.97 bits per heavy atom. The molecule has 0 spiro atoms. The Bertz CT molecular complexity index is 1170. The van der Waals surface area contributed by atoms with E-state index in [1.54, 1.807) is 11.3 Å². The van der Waals surface area contributed by atoms with Gasteiger partial charge in [-0.3, -0.25) is 9.59 Å². The molecule has 1 aliphatic heterocycles. The summed E-state index contributed by atoms with van der Waals surface area (Å²) in [6.45, 7) is 9.99. The number of carbonyl (C=O) groups is 2. The van der Waals surface area contributed by atoms with Crippen molar-refractivity contribution >= 4 is 34.1 Å². The Morgan fingerprint density at radius 1 is 1.22 bits per heavy atom. The summed E-state index contributed by atoms with van der Waals surface area (Å²) in [7, 11) is 0. The van der Waals surface area contributed by atoms with Crippen LogP contribution in [0.3, 0.4) is 0 Å². The molecule has 1 N–H and O–H groups in total. The van der Waals surface area contributed by atoms with E-state index in [0.717, 1.165) is 17.1 Å². The van der Waals surface area contributed by atoms with Crippen molar-refractivity contribution in [2.75, 3.05) is 6.54 Å². The lowest BCUT2D eigenvalue weighted by atomic mass is 9.84. The Morgan fingerprint density at radius 3 is 2.66 bits per heavy atom. The van der Waals surface area contributed by atoms with Crippen LogP contribution in [-0.4, -0.2) is 38.0 Å². The molecule has 4 rings (SSSR count). The second-order valence-electron chi connectivity index (χ2n) is 9.56. The van der Waals surface area contributed by atoms with Gasteiger partial charge in [-0.1, -0.05) is 32.0 Å². The lowest BCUT2D eigenvalue weighted by molar-refractivity contribution is -0.140. The van der Waals surface area contributed by atoms with Crippen LogP contribution in [0.1, 0.15) is 59.9 Å². The maximum Gasteiger partial charge on any atom is 0.303 e. The third-order valence-electron chi connectivity index (χ3n) is 6.47. The second kappa shape index (κ2) is 8.70. The van der Waals surface area contributed by atoms with Crippen molar-refractivity contribution in [3.05, 3.63) is 51.1 Å². The summed E-state index contributed by atoms with van der Waals surface area (Å²) >= 11 is 1.72. The van der Waals surface area contributed by atoms with E-state index in [1.165, 1.54) is 27.0 Å². The largest absolute Gasteiger partial charge is 0.481 e. The van der Waals surface area contributed by atoms with Crippen molar-refractivity contribution in [2.24, 2.45) is 5.41 Å². The Hall–Kier alpha value is -2.67. The fourth-order valence-corrected chi connectivity index (χ4v) is 5.58. The van der Waals surface area contributed by atoms with Crippen molar-refractivity contribution in [3.8, 4) is 0 Å². The van der Waals surface area contributed by atoms with E-state index < -0.39 is 11.4 Å². The van der Waals surface area contributed by atoms with Crippen molar-refractivity contribution in [2.45, 2.75) is 66.5 Å². The molecule has 6 nitrogen and oxygen atoms in total. The number of carbonyl (C=O) groups excluding carboxylic acids is 1. The number of rotatable bonds is 7. The Balaban J connectivity index is 1.59. The first-order valence-corrected chi connectivity index (χ1v) is 12.0. The molecule has 0 radical (unpaired) electrons. The number of hydrogen-bond donors (Lipinski definition) is 1. The van der Waals surface area contributed by atoms with Gasteiger partial charge in [-0.15, -0.1) is 11.3 Å². The van der Waals surface area contributed by atoms with Crippen LogP contribution < -0.4 is 0 Å². The van der Waals surface area contributed by atoms with Gasteiger partial charge in [0.05, 0.1) is 30.2 Å². The molecule has 0 bridgehead atoms. The number of nitrogens with zero attached hydrogens (tertiary/aromatic N) is 3. The first kappa shape index (κ1) is 22.5. The van der Waals surface area contributed by atoms with Gasteiger partial charge in [0, 0.05) is 34.4 Å². The van der Waals surface area contributed by atoms with Gasteiger partial charge >= 0.3 is 5.97 Å². The summed E-state index contributed by atoms with van der Waals surface area (Å²) in [4.78, 5) is 32.1. The van der Waals surface area contributed by atoms with E-state index in [0.29, 0.717) is 32.5 Å². The molecule has 0 saturated heterocycles. The van der Waals surface area contributed by atoms with Crippen LogP contribution in [0.4, 0.5) is 0 Å². The van der Waals surface area contributed by atoms with Crippen LogP contribution in [0.2, 0.25) is 0 Å². The van der Waals surface area contributed by atoms with Crippen molar-refractivity contribution in [3.63, 3.8) is 0 Å². The van der Waals surface area contributed by atoms with Gasteiger partial charge in [-0.05, 0) is 43.7 Å². The Labute approximate surface area is 192 Å². The number of amides is 1. The van der Waals surface area contributed by atoms with Crippen LogP contribution in [0.5, 0.6) is 0 Å². The number of carboxylic acid groups (broad SMARTS) is 1. The standard InChI is InChI=1S/C25H31N3O3S/c1-16-20(26-17(2)32-16)14-28-21-8-6-5-7-18(21)19-10-12-27(15-22(19)28)23(29)9-11-25(3,4)13-24(30)31/h5-8H,9-15H2,1-4H3,(H,30,31). The third kappa shape index (κ3) is 4.58. The molecule has 1 amide bonds. The van der Waals surface area contributed by atoms with E-state index in [2.05, 4.69) is 35.8 Å². The Kier molecular flexibility index (Phi) is 6.12. The number of thiazole rings is 1. The number of carboxylic acids is 1. The number of aryl methyl sites for hydroxylation is 2. The molecule has 0 aliphatic carbocycles. The van der Waals surface area contributed by atoms with Gasteiger partial charge in [0.15, 0.2) is 0 Å². The van der Waals surface area contributed by atoms with Crippen LogP contribution in [0.15, 0.2) is 24.3 Å². The number of aliphatic carboxylic acids is 1. The van der Waals surface area contributed by atoms with Crippen molar-refractivity contribution < 1.29 is 14.7 Å². The maximum absolute atomic E-state index is 13.0. The number of benzene rings is 1. The fraction of sp³-hybridized carbons (Fsp3) is 0.480. The third-order valence-corrected chi connectivity index (χ3v) is 7.40. The number of hydrogen-bond acceptors (Lipinski definition) is 4. The number of aromatic nitrogens is 2. The minimum absolute atomic E-state index is 0.0745. The summed E-state index contributed by atoms with van der Waals surface area (Å²) in [5.41, 5.74) is 4.42. The minimum atomic E-state index is -0.817. The monoisotopic (exact) mass is 453 g/mol. The van der Waals surface area contributed by atoms with E-state index in [4.69, 9.17) is 10.1 Å². The van der Waals surface area contributed by atoms with Gasteiger partial charge in [0.2, 0.25) is 5.91 Å². The van der Waals surface area contributed by atoms with Gasteiger partial charge in [-0.25, -0.2) is 4.98 Å². The highest BCUT2D eigenvalue weighted by atomic mass is 32.1. The molecule has 0 atom stereocenters. The highest BCUT2D eigenvalue weighted by Crippen LogP contribution is 2.33. The molecule has 0 unspecified atom stereocenters. The molecule has 3 aromatic rings. The van der Waals surface area contributed by atoms with Gasteiger partial charge < -0.3 is 14.6 Å². The van der Waals surface area contributed by atoms with Crippen molar-refractivity contribution in [1.82, 2.24) is 14.5 Å². The summed E-state index contributed by atoms with van der Waals surface area (Å²) in [5.74, 6) is -0.714. The first-order chi connectivity index (χ1) is 15.1. The highest BCUT2D eigenvalue weighted by Gasteiger charge is 2.29. The zero-order chi connectivity index (χ0) is 23.0. The summed E-state index contributed by atoms with van der Waals surface area (Å²) in [6.07, 6.45) is 1.86. The van der Waals surface area contributed by atoms with Crippen LogP contribution in [-0.2, 0) is 29.1 Å². The molecule has 32 heavy (non-hydrogen) atoms. The zero-order valence-corrected chi connectivity index (χ0v) is 20.1. The summed E-state index contributed by atoms with van der Waals surface area (Å²) in [6, 6.07) is 8.47. The molecule has 170 valence electrons. The smallest absolute Gasteiger partial charge is 0.303 e. The average molecular weight is 454 g/mol. The van der Waals surface area contributed by atoms with Gasteiger partial charge in [-0.2, -0.15) is 0 Å². The highest BCUT2D eigenvalue weighted by molar-refractivity contribution is 7.11. The van der Waals surface area contributed by atoms with Crippen LogP contribution in [0.25, 0.3) is 10.9 Å². The van der Waals surface area contributed by atoms with E-state index in [1.807, 2.05) is 25.7 Å². The van der Waals surface area contributed by atoms with Crippen LogP contribution in [0, 0.1) is 19.3 Å². The van der Waals surface area contributed by atoms with Gasteiger partial charge in [0.1, 0.15) is 0 Å². The molecule has 0 fully saturated rings. The average Bonchev–Trinajstić information content (AvgIpc) is 3.21. The number of para-hydroxylation sites is 1. The molecule has 1 aromatic carbocycles. The van der Waals surface area contributed by atoms with Crippen LogP contribution >= 0.6 is 11.3 Å². The second-order valence-corrected chi connectivity index (χ2v) is 11.0. The lowest BCUT2D eigenvalue weighted by Crippen LogP contribution is -2.37. The van der Waals surface area contributed by atoms with E-state index in [-0.39, 0.29) is 12.3 Å². The molecule has 2 aromatic heterocycles. The predicted octanol–water partition coefficient (Wildman–Crippen LogP) is 4.93. The minimum Gasteiger partial charge on any atom is -0.481 e. The van der Waals surface area contributed by atoms with E-state index >= 15 is 0 Å². The molecule has 0 saturated carbocycles. The van der Waals surface area contributed by atoms with Gasteiger partial charge in [0.25, 0.3) is 0 Å². The van der Waals surface area contributed by atoms with Crippen molar-refractivity contribution in [1.29, 1.82) is 0 Å². The molecule has 7 heteroatoms. The summed E-state index contributed by atoms with van der Waals surface area (Å²) in [5, 5.41) is 11.4. The quantitative estimate of drug-likeness (QED) is 0.550. The molecule has 3 heterocycles. The lowest BCUT2D eigenvalue weighted by Gasteiger charge is -2.30. The normalized spacial score (nSPS) is 14.1. The first-order valence-electron chi connectivity index (χ1n) is 11.2. The maximum atomic E-state index is 13.0. The van der Waals surface area contributed by atoms with E-state index in [9.17, 15) is 9.59 Å². The topological polar surface area (TPSA) is 75.4 Å².